The monoisotopic (exact) mass is 133 g/mol. The minimum absolute atomic E-state index is 0.0324. The maximum Gasteiger partial charge on any atom is 0.0496 e. The van der Waals surface area contributed by atoms with Gasteiger partial charge in [0.05, 0.1) is 0 Å². The number of aliphatic hydroxyl groups excluding tert-OH is 2. The first-order valence-electron chi connectivity index (χ1n) is 3.15. The highest BCUT2D eigenvalue weighted by Gasteiger charge is 2.11. The van der Waals surface area contributed by atoms with Crippen LogP contribution in [0.25, 0.3) is 0 Å². The molecule has 0 aromatic heterocycles. The highest BCUT2D eigenvalue weighted by molar-refractivity contribution is 4.67. The van der Waals surface area contributed by atoms with E-state index in [-0.39, 0.29) is 25.2 Å². The van der Waals surface area contributed by atoms with E-state index in [9.17, 15) is 0 Å². The van der Waals surface area contributed by atoms with E-state index >= 15 is 0 Å². The van der Waals surface area contributed by atoms with E-state index in [1.54, 1.807) is 0 Å². The number of hydrogen-bond acceptors (Lipinski definition) is 3. The van der Waals surface area contributed by atoms with Gasteiger partial charge < -0.3 is 15.5 Å². The second-order valence-electron chi connectivity index (χ2n) is 2.20. The highest BCUT2D eigenvalue weighted by atomic mass is 16.3. The van der Waals surface area contributed by atoms with Crippen LogP contribution in [0.1, 0.15) is 6.92 Å². The minimum atomic E-state index is -0.0324. The summed E-state index contributed by atoms with van der Waals surface area (Å²) in [5.74, 6) is -0.0324. The Kier molecular flexibility index (Phi) is 4.67. The summed E-state index contributed by atoms with van der Waals surface area (Å²) in [5, 5.41) is 20.2. The maximum absolute atomic E-state index is 8.63. The zero-order valence-corrected chi connectivity index (χ0v) is 5.96. The van der Waals surface area contributed by atoms with E-state index in [4.69, 9.17) is 10.2 Å². The van der Waals surface area contributed by atoms with Gasteiger partial charge in [-0.25, -0.2) is 0 Å². The van der Waals surface area contributed by atoms with Crippen LogP contribution in [-0.4, -0.2) is 36.5 Å². The molecule has 0 saturated carbocycles. The van der Waals surface area contributed by atoms with Gasteiger partial charge >= 0.3 is 0 Å². The Morgan fingerprint density at radius 2 is 1.78 bits per heavy atom. The second-order valence-corrected chi connectivity index (χ2v) is 2.20. The summed E-state index contributed by atoms with van der Waals surface area (Å²) in [6.07, 6.45) is 0. The van der Waals surface area contributed by atoms with Crippen molar-refractivity contribution in [2.45, 2.75) is 13.0 Å². The molecule has 0 aliphatic heterocycles. The lowest BCUT2D eigenvalue weighted by atomic mass is 10.0. The van der Waals surface area contributed by atoms with Gasteiger partial charge in [0, 0.05) is 25.2 Å². The van der Waals surface area contributed by atoms with Crippen molar-refractivity contribution in [3.8, 4) is 0 Å². The van der Waals surface area contributed by atoms with Gasteiger partial charge in [-0.3, -0.25) is 0 Å². The molecular weight excluding hydrogens is 118 g/mol. The average molecular weight is 133 g/mol. The second kappa shape index (κ2) is 4.73. The highest BCUT2D eigenvalue weighted by Crippen LogP contribution is 1.99. The van der Waals surface area contributed by atoms with Crippen LogP contribution in [0.4, 0.5) is 0 Å². The van der Waals surface area contributed by atoms with Crippen LogP contribution in [0.5, 0.6) is 0 Å². The molecule has 0 heterocycles. The Hall–Kier alpha value is -0.120. The van der Waals surface area contributed by atoms with Crippen molar-refractivity contribution < 1.29 is 10.2 Å². The van der Waals surface area contributed by atoms with E-state index in [0.29, 0.717) is 0 Å². The summed E-state index contributed by atoms with van der Waals surface area (Å²) in [6.45, 7) is 2.01. The molecule has 0 rings (SSSR count). The van der Waals surface area contributed by atoms with Crippen LogP contribution in [-0.2, 0) is 0 Å². The molecule has 9 heavy (non-hydrogen) atoms. The van der Waals surface area contributed by atoms with Gasteiger partial charge in [0.1, 0.15) is 0 Å². The van der Waals surface area contributed by atoms with E-state index in [1.807, 2.05) is 14.0 Å². The Morgan fingerprint density at radius 3 is 1.89 bits per heavy atom. The van der Waals surface area contributed by atoms with Crippen LogP contribution < -0.4 is 5.32 Å². The molecule has 3 nitrogen and oxygen atoms in total. The topological polar surface area (TPSA) is 52.5 Å². The van der Waals surface area contributed by atoms with Crippen molar-refractivity contribution in [1.82, 2.24) is 5.32 Å². The van der Waals surface area contributed by atoms with Gasteiger partial charge in [0.2, 0.25) is 0 Å². The summed E-state index contributed by atoms with van der Waals surface area (Å²) in [6, 6.07) is 0.181. The van der Waals surface area contributed by atoms with Crippen molar-refractivity contribution in [2.75, 3.05) is 20.3 Å². The molecule has 1 unspecified atom stereocenters. The van der Waals surface area contributed by atoms with Crippen LogP contribution >= 0.6 is 0 Å². The molecule has 0 radical (unpaired) electrons. The minimum Gasteiger partial charge on any atom is -0.396 e. The smallest absolute Gasteiger partial charge is 0.0496 e. The summed E-state index contributed by atoms with van der Waals surface area (Å²) >= 11 is 0. The largest absolute Gasteiger partial charge is 0.396 e. The first kappa shape index (κ1) is 8.88. The number of rotatable bonds is 4. The molecule has 0 aromatic carbocycles. The lowest BCUT2D eigenvalue weighted by molar-refractivity contribution is 0.127. The summed E-state index contributed by atoms with van der Waals surface area (Å²) in [4.78, 5) is 0. The van der Waals surface area contributed by atoms with Gasteiger partial charge in [0.25, 0.3) is 0 Å². The molecule has 56 valence electrons. The summed E-state index contributed by atoms with van der Waals surface area (Å²) in [7, 11) is 1.81. The molecule has 0 saturated heterocycles. The number of aliphatic hydroxyl groups is 2. The van der Waals surface area contributed by atoms with Gasteiger partial charge in [-0.05, 0) is 14.0 Å². The predicted molar refractivity (Wildman–Crippen MR) is 36.2 cm³/mol. The summed E-state index contributed by atoms with van der Waals surface area (Å²) in [5.41, 5.74) is 0. The molecule has 0 fully saturated rings. The Morgan fingerprint density at radius 1 is 1.33 bits per heavy atom. The number of hydrogen-bond donors (Lipinski definition) is 3. The molecule has 1 atom stereocenters. The molecule has 3 N–H and O–H groups in total. The van der Waals surface area contributed by atoms with Gasteiger partial charge in [-0.2, -0.15) is 0 Å². The maximum atomic E-state index is 8.63. The van der Waals surface area contributed by atoms with Crippen LogP contribution in [0.3, 0.4) is 0 Å². The SMILES string of the molecule is CNC(C)C(CO)CO. The molecule has 0 spiro atoms. The van der Waals surface area contributed by atoms with E-state index in [0.717, 1.165) is 0 Å². The third-order valence-electron chi connectivity index (χ3n) is 1.63. The van der Waals surface area contributed by atoms with Crippen LogP contribution in [0.15, 0.2) is 0 Å². The van der Waals surface area contributed by atoms with E-state index < -0.39 is 0 Å². The van der Waals surface area contributed by atoms with Crippen molar-refractivity contribution in [3.63, 3.8) is 0 Å². The van der Waals surface area contributed by atoms with Gasteiger partial charge in [0.15, 0.2) is 0 Å². The molecule has 0 aromatic rings. The van der Waals surface area contributed by atoms with Crippen molar-refractivity contribution in [1.29, 1.82) is 0 Å². The third kappa shape index (κ3) is 2.79. The zero-order valence-electron chi connectivity index (χ0n) is 5.96. The zero-order chi connectivity index (χ0) is 7.28. The Labute approximate surface area is 55.7 Å². The van der Waals surface area contributed by atoms with E-state index in [1.165, 1.54) is 0 Å². The fraction of sp³-hybridized carbons (Fsp3) is 1.00. The van der Waals surface area contributed by atoms with Crippen molar-refractivity contribution >= 4 is 0 Å². The van der Waals surface area contributed by atoms with Crippen molar-refractivity contribution in [2.24, 2.45) is 5.92 Å². The molecule has 0 aliphatic rings. The van der Waals surface area contributed by atoms with Crippen molar-refractivity contribution in [3.05, 3.63) is 0 Å². The Balaban J connectivity index is 3.50. The Bertz CT molecular complexity index is 64.1. The lowest BCUT2D eigenvalue weighted by Gasteiger charge is -2.18. The van der Waals surface area contributed by atoms with E-state index in [2.05, 4.69) is 5.32 Å². The molecular formula is C6H15NO2. The fourth-order valence-corrected chi connectivity index (χ4v) is 0.610. The van der Waals surface area contributed by atoms with Crippen LogP contribution in [0, 0.1) is 5.92 Å². The van der Waals surface area contributed by atoms with Gasteiger partial charge in [-0.15, -0.1) is 0 Å². The van der Waals surface area contributed by atoms with Crippen LogP contribution in [0.2, 0.25) is 0 Å². The summed E-state index contributed by atoms with van der Waals surface area (Å²) < 4.78 is 0. The normalized spacial score (nSPS) is 14.3. The fourth-order valence-electron chi connectivity index (χ4n) is 0.610. The lowest BCUT2D eigenvalue weighted by Crippen LogP contribution is -2.34. The first-order valence-corrected chi connectivity index (χ1v) is 3.15. The quantitative estimate of drug-likeness (QED) is 0.470. The first-order chi connectivity index (χ1) is 4.26. The standard InChI is InChI=1S/C6H15NO2/c1-5(7-2)6(3-8)4-9/h5-9H,3-4H2,1-2H3. The molecule has 0 bridgehead atoms. The third-order valence-corrected chi connectivity index (χ3v) is 1.63. The predicted octanol–water partition coefficient (Wildman–Crippen LogP) is -0.805. The molecule has 0 amide bonds. The number of nitrogens with one attached hydrogen (secondary N) is 1. The van der Waals surface area contributed by atoms with Gasteiger partial charge in [-0.1, -0.05) is 0 Å². The molecule has 3 heteroatoms. The average Bonchev–Trinajstić information content (AvgIpc) is 1.90. The molecule has 0 aliphatic carbocycles.